The molecule has 0 spiro atoms. The highest BCUT2D eigenvalue weighted by atomic mass is 19.4. The van der Waals surface area contributed by atoms with Crippen molar-refractivity contribution in [2.24, 2.45) is 0 Å². The Balaban J connectivity index is 1.41. The Morgan fingerprint density at radius 3 is 2.55 bits per heavy atom. The van der Waals surface area contributed by atoms with Gasteiger partial charge in [0.25, 0.3) is 0 Å². The summed E-state index contributed by atoms with van der Waals surface area (Å²) in [6.07, 6.45) is 4.97. The maximum atomic E-state index is 15.0. The molecule has 1 saturated carbocycles. The fourth-order valence-electron chi connectivity index (χ4n) is 4.54. The number of nitrogens with one attached hydrogen (secondary N) is 2. The fourth-order valence-corrected chi connectivity index (χ4v) is 4.54. The first-order chi connectivity index (χ1) is 14.8. The molecule has 2 aliphatic rings. The van der Waals surface area contributed by atoms with E-state index in [-0.39, 0.29) is 17.8 Å². The van der Waals surface area contributed by atoms with Gasteiger partial charge in [-0.05, 0) is 19.3 Å². The van der Waals surface area contributed by atoms with Crippen LogP contribution in [0.3, 0.4) is 0 Å². The molecule has 11 heteroatoms. The number of piperidine rings is 1. The first-order valence-electron chi connectivity index (χ1n) is 10.7. The van der Waals surface area contributed by atoms with E-state index in [0.29, 0.717) is 24.7 Å². The van der Waals surface area contributed by atoms with Crippen molar-refractivity contribution in [1.82, 2.24) is 24.6 Å². The molecule has 170 valence electrons. The maximum Gasteiger partial charge on any atom is 0.421 e. The molecule has 0 bridgehead atoms. The molecule has 1 saturated heterocycles. The van der Waals surface area contributed by atoms with Gasteiger partial charge in [-0.1, -0.05) is 19.3 Å². The monoisotopic (exact) mass is 441 g/mol. The number of halogens is 4. The van der Waals surface area contributed by atoms with E-state index in [9.17, 15) is 17.6 Å². The van der Waals surface area contributed by atoms with Gasteiger partial charge < -0.3 is 10.6 Å². The van der Waals surface area contributed by atoms with Gasteiger partial charge >= 0.3 is 6.18 Å². The summed E-state index contributed by atoms with van der Waals surface area (Å²) in [5.41, 5.74) is -0.454. The molecule has 4 rings (SSSR count). The van der Waals surface area contributed by atoms with Crippen molar-refractivity contribution in [2.75, 3.05) is 30.8 Å². The SMILES string of the molecule is CNc1nc(Nc2cnn([C@@H]3CCN(C4CCCCC4)C[C@H]3F)c2)ncc1C(F)(F)F. The zero-order chi connectivity index (χ0) is 22.0. The van der Waals surface area contributed by atoms with Crippen LogP contribution in [0.5, 0.6) is 0 Å². The van der Waals surface area contributed by atoms with E-state index in [1.165, 1.54) is 32.5 Å². The van der Waals surface area contributed by atoms with Crippen LogP contribution in [-0.2, 0) is 6.18 Å². The number of alkyl halides is 4. The summed E-state index contributed by atoms with van der Waals surface area (Å²) >= 11 is 0. The summed E-state index contributed by atoms with van der Waals surface area (Å²) in [6, 6.07) is 0.123. The molecule has 0 amide bonds. The van der Waals surface area contributed by atoms with E-state index in [2.05, 4.69) is 30.6 Å². The Bertz CT molecular complexity index is 879. The molecule has 2 aromatic heterocycles. The topological polar surface area (TPSA) is 70.9 Å². The molecule has 1 aliphatic heterocycles. The van der Waals surface area contributed by atoms with Gasteiger partial charge in [0.05, 0.1) is 17.9 Å². The van der Waals surface area contributed by atoms with Gasteiger partial charge in [0, 0.05) is 38.6 Å². The predicted molar refractivity (Wildman–Crippen MR) is 109 cm³/mol. The van der Waals surface area contributed by atoms with E-state index >= 15 is 0 Å². The van der Waals surface area contributed by atoms with Crippen molar-refractivity contribution in [1.29, 1.82) is 0 Å². The number of anilines is 3. The minimum Gasteiger partial charge on any atom is -0.372 e. The van der Waals surface area contributed by atoms with Crippen LogP contribution in [0, 0.1) is 0 Å². The van der Waals surface area contributed by atoms with Crippen molar-refractivity contribution in [3.05, 3.63) is 24.2 Å². The third-order valence-corrected chi connectivity index (χ3v) is 6.16. The lowest BCUT2D eigenvalue weighted by atomic mass is 9.91. The summed E-state index contributed by atoms with van der Waals surface area (Å²) in [5, 5.41) is 9.55. The van der Waals surface area contributed by atoms with Crippen LogP contribution in [0.4, 0.5) is 35.0 Å². The van der Waals surface area contributed by atoms with E-state index in [1.807, 2.05) is 0 Å². The third kappa shape index (κ3) is 4.91. The largest absolute Gasteiger partial charge is 0.421 e. The number of nitrogens with zero attached hydrogens (tertiary/aromatic N) is 5. The van der Waals surface area contributed by atoms with Crippen LogP contribution in [0.25, 0.3) is 0 Å². The van der Waals surface area contributed by atoms with Crippen LogP contribution < -0.4 is 10.6 Å². The first-order valence-corrected chi connectivity index (χ1v) is 10.7. The average Bonchev–Trinajstić information content (AvgIpc) is 3.21. The summed E-state index contributed by atoms with van der Waals surface area (Å²) in [5.74, 6) is -0.322. The second-order valence-electron chi connectivity index (χ2n) is 8.20. The zero-order valence-electron chi connectivity index (χ0n) is 17.4. The highest BCUT2D eigenvalue weighted by Crippen LogP contribution is 2.34. The van der Waals surface area contributed by atoms with Crippen LogP contribution in [0.15, 0.2) is 18.6 Å². The average molecular weight is 441 g/mol. The molecule has 31 heavy (non-hydrogen) atoms. The number of aromatic nitrogens is 4. The van der Waals surface area contributed by atoms with Crippen LogP contribution in [-0.4, -0.2) is 57.0 Å². The van der Waals surface area contributed by atoms with Crippen molar-refractivity contribution < 1.29 is 17.6 Å². The standard InChI is InChI=1S/C20H27F4N7/c1-25-18-15(20(22,23)24)10-26-19(29-18)28-13-9-27-31(11-13)17-7-8-30(12-16(17)21)14-5-3-2-4-6-14/h9-11,14,16-17H,2-8,12H2,1H3,(H2,25,26,28,29)/t16-,17-/m1/s1. The quantitative estimate of drug-likeness (QED) is 0.671. The van der Waals surface area contributed by atoms with Crippen LogP contribution >= 0.6 is 0 Å². The Hall–Kier alpha value is -2.43. The molecule has 2 fully saturated rings. The molecule has 7 nitrogen and oxygen atoms in total. The Labute approximate surface area is 178 Å². The maximum absolute atomic E-state index is 15.0. The van der Waals surface area contributed by atoms with Crippen molar-refractivity contribution in [2.45, 2.75) is 63.0 Å². The summed E-state index contributed by atoms with van der Waals surface area (Å²) in [6.45, 7) is 1.25. The van der Waals surface area contributed by atoms with Crippen LogP contribution in [0.1, 0.15) is 50.1 Å². The van der Waals surface area contributed by atoms with Crippen molar-refractivity contribution >= 4 is 17.5 Å². The highest BCUT2D eigenvalue weighted by Gasteiger charge is 2.36. The van der Waals surface area contributed by atoms with Crippen molar-refractivity contribution in [3.63, 3.8) is 0 Å². The van der Waals surface area contributed by atoms with Gasteiger partial charge in [0.15, 0.2) is 0 Å². The normalized spacial score (nSPS) is 23.6. The minimum absolute atomic E-state index is 0.000756. The molecule has 3 heterocycles. The van der Waals surface area contributed by atoms with E-state index < -0.39 is 17.9 Å². The number of hydrogen-bond donors (Lipinski definition) is 2. The molecule has 2 N–H and O–H groups in total. The Morgan fingerprint density at radius 1 is 1.10 bits per heavy atom. The summed E-state index contributed by atoms with van der Waals surface area (Å²) in [4.78, 5) is 9.90. The first kappa shape index (κ1) is 21.8. The van der Waals surface area contributed by atoms with Gasteiger partial charge in [-0.15, -0.1) is 0 Å². The zero-order valence-corrected chi connectivity index (χ0v) is 17.4. The fraction of sp³-hybridized carbons (Fsp3) is 0.650. The Kier molecular flexibility index (Phi) is 6.31. The number of likely N-dealkylation sites (tertiary alicyclic amines) is 1. The van der Waals surface area contributed by atoms with E-state index in [1.54, 1.807) is 10.9 Å². The molecule has 2 atom stereocenters. The lowest BCUT2D eigenvalue weighted by molar-refractivity contribution is -0.137. The van der Waals surface area contributed by atoms with Gasteiger partial charge in [-0.25, -0.2) is 9.37 Å². The molecule has 2 aromatic rings. The lowest BCUT2D eigenvalue weighted by Crippen LogP contribution is -2.48. The van der Waals surface area contributed by atoms with E-state index in [0.717, 1.165) is 25.6 Å². The van der Waals surface area contributed by atoms with Gasteiger partial charge in [0.2, 0.25) is 5.95 Å². The molecule has 0 radical (unpaired) electrons. The number of hydrogen-bond acceptors (Lipinski definition) is 6. The van der Waals surface area contributed by atoms with Gasteiger partial charge in [0.1, 0.15) is 17.6 Å². The summed E-state index contributed by atoms with van der Waals surface area (Å²) in [7, 11) is 1.36. The summed E-state index contributed by atoms with van der Waals surface area (Å²) < 4.78 is 55.5. The molecular formula is C20H27F4N7. The third-order valence-electron chi connectivity index (χ3n) is 6.16. The molecular weight excluding hydrogens is 414 g/mol. The smallest absolute Gasteiger partial charge is 0.372 e. The van der Waals surface area contributed by atoms with Gasteiger partial charge in [-0.2, -0.15) is 23.3 Å². The van der Waals surface area contributed by atoms with Gasteiger partial charge in [-0.3, -0.25) is 9.58 Å². The lowest BCUT2D eigenvalue weighted by Gasteiger charge is -2.40. The van der Waals surface area contributed by atoms with Crippen LogP contribution in [0.2, 0.25) is 0 Å². The molecule has 0 aromatic carbocycles. The predicted octanol–water partition coefficient (Wildman–Crippen LogP) is 4.39. The number of rotatable bonds is 5. The van der Waals surface area contributed by atoms with Crippen molar-refractivity contribution in [3.8, 4) is 0 Å². The molecule has 0 unspecified atom stereocenters. The highest BCUT2D eigenvalue weighted by molar-refractivity contribution is 5.55. The Morgan fingerprint density at radius 2 is 1.87 bits per heavy atom. The second kappa shape index (κ2) is 8.97. The minimum atomic E-state index is -4.55. The molecule has 1 aliphatic carbocycles. The second-order valence-corrected chi connectivity index (χ2v) is 8.20. The van der Waals surface area contributed by atoms with E-state index in [4.69, 9.17) is 0 Å².